The van der Waals surface area contributed by atoms with Gasteiger partial charge in [-0.3, -0.25) is 14.9 Å². The van der Waals surface area contributed by atoms with E-state index in [1.165, 1.54) is 60.1 Å². The van der Waals surface area contributed by atoms with E-state index in [1.807, 2.05) is 0 Å². The van der Waals surface area contributed by atoms with Crippen LogP contribution in [-0.4, -0.2) is 32.7 Å². The van der Waals surface area contributed by atoms with E-state index in [0.29, 0.717) is 11.4 Å². The highest BCUT2D eigenvalue weighted by Gasteiger charge is 2.26. The molecule has 3 aromatic rings. The van der Waals surface area contributed by atoms with Gasteiger partial charge in [-0.05, 0) is 50.2 Å². The van der Waals surface area contributed by atoms with Gasteiger partial charge < -0.3 is 10.1 Å². The zero-order valence-corrected chi connectivity index (χ0v) is 17.1. The second kappa shape index (κ2) is 8.92. The third-order valence-corrected chi connectivity index (χ3v) is 4.63. The third kappa shape index (κ3) is 4.86. The number of esters is 1. The summed E-state index contributed by atoms with van der Waals surface area (Å²) in [5.41, 5.74) is 0.860. The number of benzene rings is 2. The van der Waals surface area contributed by atoms with Crippen LogP contribution >= 0.6 is 11.6 Å². The predicted octanol–water partition coefficient (Wildman–Crippen LogP) is 4.07. The summed E-state index contributed by atoms with van der Waals surface area (Å²) in [5.74, 6) is -1.93. The van der Waals surface area contributed by atoms with E-state index >= 15 is 0 Å². The average Bonchev–Trinajstić information content (AvgIpc) is 3.03. The van der Waals surface area contributed by atoms with Crippen molar-refractivity contribution in [3.05, 3.63) is 80.9 Å². The average molecular weight is 447 g/mol. The lowest BCUT2D eigenvalue weighted by atomic mass is 10.2. The molecule has 3 rings (SSSR count). The van der Waals surface area contributed by atoms with Gasteiger partial charge in [-0.2, -0.15) is 5.10 Å². The molecule has 1 unspecified atom stereocenters. The molecule has 9 nitrogen and oxygen atoms in total. The van der Waals surface area contributed by atoms with Crippen molar-refractivity contribution in [3.63, 3.8) is 0 Å². The molecule has 1 amide bonds. The van der Waals surface area contributed by atoms with Crippen molar-refractivity contribution >= 4 is 34.9 Å². The van der Waals surface area contributed by atoms with Gasteiger partial charge in [0.05, 0.1) is 16.3 Å². The number of hydrogen-bond donors (Lipinski definition) is 1. The van der Waals surface area contributed by atoms with E-state index in [9.17, 15) is 24.1 Å². The number of non-ortho nitro benzene ring substituents is 1. The van der Waals surface area contributed by atoms with Crippen LogP contribution in [0.25, 0.3) is 5.69 Å². The molecule has 1 aromatic heterocycles. The van der Waals surface area contributed by atoms with E-state index in [4.69, 9.17) is 16.3 Å². The van der Waals surface area contributed by atoms with Crippen LogP contribution in [0.2, 0.25) is 5.15 Å². The summed E-state index contributed by atoms with van der Waals surface area (Å²) in [5, 5.41) is 17.3. The van der Waals surface area contributed by atoms with E-state index in [1.54, 1.807) is 6.92 Å². The summed E-state index contributed by atoms with van der Waals surface area (Å²) in [4.78, 5) is 35.0. The zero-order valence-electron chi connectivity index (χ0n) is 16.3. The van der Waals surface area contributed by atoms with Crippen LogP contribution in [0.5, 0.6) is 0 Å². The van der Waals surface area contributed by atoms with Gasteiger partial charge >= 0.3 is 5.97 Å². The standard InChI is InChI=1S/C20H16ClFN4O5/c1-11-17(18(21)25(24-11)15-7-3-13(22)4-8-15)20(28)31-12(2)19(27)23-14-5-9-16(10-6-14)26(29)30/h3-10,12H,1-2H3,(H,23,27). The minimum absolute atomic E-state index is 0.0269. The van der Waals surface area contributed by atoms with Crippen molar-refractivity contribution in [1.29, 1.82) is 0 Å². The van der Waals surface area contributed by atoms with Crippen LogP contribution < -0.4 is 5.32 Å². The summed E-state index contributed by atoms with van der Waals surface area (Å²) in [6, 6.07) is 10.5. The molecule has 31 heavy (non-hydrogen) atoms. The highest BCUT2D eigenvalue weighted by molar-refractivity contribution is 6.33. The summed E-state index contributed by atoms with van der Waals surface area (Å²) < 4.78 is 19.6. The van der Waals surface area contributed by atoms with Crippen LogP contribution in [0.15, 0.2) is 48.5 Å². The fourth-order valence-corrected chi connectivity index (χ4v) is 3.02. The maximum atomic E-state index is 13.1. The second-order valence-corrected chi connectivity index (χ2v) is 6.84. The Bertz CT molecular complexity index is 1150. The van der Waals surface area contributed by atoms with Gasteiger partial charge in [0.15, 0.2) is 6.10 Å². The van der Waals surface area contributed by atoms with Gasteiger partial charge in [0.25, 0.3) is 11.6 Å². The van der Waals surface area contributed by atoms with E-state index < -0.39 is 28.7 Å². The van der Waals surface area contributed by atoms with Crippen molar-refractivity contribution in [3.8, 4) is 5.69 Å². The maximum Gasteiger partial charge on any atom is 0.344 e. The predicted molar refractivity (Wildman–Crippen MR) is 110 cm³/mol. The Labute approximate surface area is 180 Å². The summed E-state index contributed by atoms with van der Waals surface area (Å²) in [6.45, 7) is 2.91. The van der Waals surface area contributed by atoms with Crippen molar-refractivity contribution < 1.29 is 23.6 Å². The number of nitro benzene ring substituents is 1. The monoisotopic (exact) mass is 446 g/mol. The van der Waals surface area contributed by atoms with Gasteiger partial charge in [-0.1, -0.05) is 11.6 Å². The first-order valence-corrected chi connectivity index (χ1v) is 9.32. The first-order chi connectivity index (χ1) is 14.7. The summed E-state index contributed by atoms with van der Waals surface area (Å²) in [6.07, 6.45) is -1.19. The molecule has 1 atom stereocenters. The van der Waals surface area contributed by atoms with Crippen LogP contribution in [0, 0.1) is 22.9 Å². The quantitative estimate of drug-likeness (QED) is 0.346. The first-order valence-electron chi connectivity index (χ1n) is 8.94. The summed E-state index contributed by atoms with van der Waals surface area (Å²) >= 11 is 6.28. The van der Waals surface area contributed by atoms with E-state index in [0.717, 1.165) is 0 Å². The van der Waals surface area contributed by atoms with Crippen LogP contribution in [-0.2, 0) is 9.53 Å². The lowest BCUT2D eigenvalue weighted by molar-refractivity contribution is -0.384. The molecule has 0 saturated heterocycles. The number of aryl methyl sites for hydroxylation is 1. The minimum atomic E-state index is -1.19. The number of nitrogens with zero attached hydrogens (tertiary/aromatic N) is 3. The first kappa shape index (κ1) is 21.9. The molecule has 0 bridgehead atoms. The Balaban J connectivity index is 1.71. The largest absolute Gasteiger partial charge is 0.449 e. The van der Waals surface area contributed by atoms with Crippen LogP contribution in [0.3, 0.4) is 0 Å². The zero-order chi connectivity index (χ0) is 22.7. The van der Waals surface area contributed by atoms with Crippen molar-refractivity contribution in [1.82, 2.24) is 9.78 Å². The number of carbonyl (C=O) groups is 2. The Kier molecular flexibility index (Phi) is 6.30. The normalized spacial score (nSPS) is 11.6. The number of aromatic nitrogens is 2. The van der Waals surface area contributed by atoms with Crippen molar-refractivity contribution in [2.24, 2.45) is 0 Å². The number of hydrogen-bond acceptors (Lipinski definition) is 6. The fraction of sp³-hybridized carbons (Fsp3) is 0.150. The number of nitrogens with one attached hydrogen (secondary N) is 1. The number of ether oxygens (including phenoxy) is 1. The number of anilines is 1. The van der Waals surface area contributed by atoms with Crippen molar-refractivity contribution in [2.75, 3.05) is 5.32 Å². The number of rotatable bonds is 6. The molecule has 1 heterocycles. The molecule has 0 aliphatic heterocycles. The molecular formula is C20H16ClFN4O5. The topological polar surface area (TPSA) is 116 Å². The molecule has 0 aliphatic rings. The Morgan fingerprint density at radius 1 is 1.19 bits per heavy atom. The molecule has 1 N–H and O–H groups in total. The molecule has 160 valence electrons. The Morgan fingerprint density at radius 2 is 1.81 bits per heavy atom. The lowest BCUT2D eigenvalue weighted by Crippen LogP contribution is -2.30. The van der Waals surface area contributed by atoms with Gasteiger partial charge in [-0.15, -0.1) is 0 Å². The SMILES string of the molecule is Cc1nn(-c2ccc(F)cc2)c(Cl)c1C(=O)OC(C)C(=O)Nc1ccc([N+](=O)[O-])cc1. The highest BCUT2D eigenvalue weighted by Crippen LogP contribution is 2.25. The highest BCUT2D eigenvalue weighted by atomic mass is 35.5. The molecule has 0 spiro atoms. The number of amides is 1. The molecule has 0 aliphatic carbocycles. The number of halogens is 2. The smallest absolute Gasteiger partial charge is 0.344 e. The fourth-order valence-electron chi connectivity index (χ4n) is 2.67. The molecule has 2 aromatic carbocycles. The van der Waals surface area contributed by atoms with Crippen LogP contribution in [0.1, 0.15) is 23.0 Å². The minimum Gasteiger partial charge on any atom is -0.449 e. The maximum absolute atomic E-state index is 13.1. The lowest BCUT2D eigenvalue weighted by Gasteiger charge is -2.13. The van der Waals surface area contributed by atoms with Gasteiger partial charge in [0.2, 0.25) is 0 Å². The molecule has 0 fully saturated rings. The van der Waals surface area contributed by atoms with E-state index in [2.05, 4.69) is 10.4 Å². The molecule has 0 saturated carbocycles. The van der Waals surface area contributed by atoms with Crippen LogP contribution in [0.4, 0.5) is 15.8 Å². The Morgan fingerprint density at radius 3 is 2.39 bits per heavy atom. The number of nitro groups is 1. The molecular weight excluding hydrogens is 431 g/mol. The molecule has 0 radical (unpaired) electrons. The van der Waals surface area contributed by atoms with E-state index in [-0.39, 0.29) is 22.1 Å². The van der Waals surface area contributed by atoms with Crippen molar-refractivity contribution in [2.45, 2.75) is 20.0 Å². The van der Waals surface area contributed by atoms with Gasteiger partial charge in [-0.25, -0.2) is 13.9 Å². The van der Waals surface area contributed by atoms with Gasteiger partial charge in [0.1, 0.15) is 16.5 Å². The molecule has 11 heteroatoms. The second-order valence-electron chi connectivity index (χ2n) is 6.48. The summed E-state index contributed by atoms with van der Waals surface area (Å²) in [7, 11) is 0. The third-order valence-electron chi connectivity index (χ3n) is 4.28. The Hall–Kier alpha value is -3.79. The van der Waals surface area contributed by atoms with Gasteiger partial charge in [0, 0.05) is 17.8 Å². The number of carbonyl (C=O) groups excluding carboxylic acids is 2.